The van der Waals surface area contributed by atoms with Crippen LogP contribution in [-0.4, -0.2) is 32.7 Å². The van der Waals surface area contributed by atoms with Crippen molar-refractivity contribution in [1.82, 2.24) is 19.9 Å². The first-order valence-electron chi connectivity index (χ1n) is 8.69. The van der Waals surface area contributed by atoms with E-state index in [1.807, 2.05) is 37.3 Å². The lowest BCUT2D eigenvalue weighted by Gasteiger charge is -2.09. The quantitative estimate of drug-likeness (QED) is 0.480. The Bertz CT molecular complexity index is 1060. The van der Waals surface area contributed by atoms with E-state index in [0.717, 1.165) is 17.1 Å². The van der Waals surface area contributed by atoms with E-state index in [-0.39, 0.29) is 11.3 Å². The summed E-state index contributed by atoms with van der Waals surface area (Å²) in [6, 6.07) is 11.4. The summed E-state index contributed by atoms with van der Waals surface area (Å²) < 4.78 is 1.41. The minimum absolute atomic E-state index is 0.231. The average Bonchev–Trinajstić information content (AvgIpc) is 2.69. The van der Waals surface area contributed by atoms with Crippen LogP contribution in [0.3, 0.4) is 0 Å². The number of carbonyl (C=O) groups excluding carboxylic acids is 1. The molecule has 2 aromatic heterocycles. The number of aryl methyl sites for hydroxylation is 1. The van der Waals surface area contributed by atoms with Gasteiger partial charge in [-0.1, -0.05) is 25.1 Å². The number of benzene rings is 1. The maximum Gasteiger partial charge on any atom is 0.329 e. The molecule has 0 saturated heterocycles. The molecule has 27 heavy (non-hydrogen) atoms. The van der Waals surface area contributed by atoms with Crippen LogP contribution in [0.4, 0.5) is 0 Å². The summed E-state index contributed by atoms with van der Waals surface area (Å²) in [5.41, 5.74) is -0.442. The first-order chi connectivity index (χ1) is 13.1. The number of thioether (sulfide) groups is 1. The number of hydrogen-bond donors (Lipinski definition) is 2. The van der Waals surface area contributed by atoms with Crippen molar-refractivity contribution < 1.29 is 4.79 Å². The molecule has 0 saturated carbocycles. The van der Waals surface area contributed by atoms with Crippen LogP contribution in [0.15, 0.2) is 57.1 Å². The molecular formula is C19H20N4O3S. The van der Waals surface area contributed by atoms with Gasteiger partial charge in [-0.3, -0.25) is 19.1 Å². The minimum atomic E-state index is -0.538. The number of nitrogens with zero attached hydrogens (tertiary/aromatic N) is 2. The number of aromatic nitrogens is 3. The second-order valence-electron chi connectivity index (χ2n) is 5.92. The molecule has 1 aromatic carbocycles. The lowest BCUT2D eigenvalue weighted by atomic mass is 10.2. The number of pyridine rings is 1. The molecule has 0 atom stereocenters. The smallest absolute Gasteiger partial charge is 0.329 e. The van der Waals surface area contributed by atoms with E-state index < -0.39 is 11.2 Å². The highest BCUT2D eigenvalue weighted by Gasteiger charge is 2.12. The molecule has 0 radical (unpaired) electrons. The van der Waals surface area contributed by atoms with E-state index in [1.54, 1.807) is 11.8 Å². The Morgan fingerprint density at radius 1 is 1.26 bits per heavy atom. The molecule has 7 nitrogen and oxygen atoms in total. The van der Waals surface area contributed by atoms with Gasteiger partial charge in [-0.2, -0.15) is 0 Å². The summed E-state index contributed by atoms with van der Waals surface area (Å²) in [5.74, 6) is 0.429. The number of amides is 1. The van der Waals surface area contributed by atoms with Crippen LogP contribution in [0.1, 0.15) is 23.7 Å². The largest absolute Gasteiger partial charge is 0.351 e. The van der Waals surface area contributed by atoms with Crippen molar-refractivity contribution >= 4 is 28.7 Å². The fourth-order valence-electron chi connectivity index (χ4n) is 2.68. The number of H-pyrrole nitrogens is 1. The second kappa shape index (κ2) is 8.68. The second-order valence-corrected chi connectivity index (χ2v) is 7.09. The van der Waals surface area contributed by atoms with Gasteiger partial charge in [0.2, 0.25) is 0 Å². The Labute approximate surface area is 159 Å². The van der Waals surface area contributed by atoms with Crippen LogP contribution in [0.2, 0.25) is 0 Å². The summed E-state index contributed by atoms with van der Waals surface area (Å²) in [6.45, 7) is 2.86. The monoisotopic (exact) mass is 384 g/mol. The van der Waals surface area contributed by atoms with E-state index in [0.29, 0.717) is 24.3 Å². The molecule has 8 heteroatoms. The normalized spacial score (nSPS) is 10.9. The van der Waals surface area contributed by atoms with Crippen molar-refractivity contribution in [2.75, 3.05) is 12.3 Å². The molecular weight excluding hydrogens is 364 g/mol. The van der Waals surface area contributed by atoms with Crippen LogP contribution < -0.4 is 16.6 Å². The summed E-state index contributed by atoms with van der Waals surface area (Å²) in [5, 5.41) is 3.05. The highest BCUT2D eigenvalue weighted by Crippen LogP contribution is 2.16. The van der Waals surface area contributed by atoms with Crippen molar-refractivity contribution in [2.24, 2.45) is 0 Å². The Balaban J connectivity index is 1.72. The third-order valence-corrected chi connectivity index (χ3v) is 4.96. The number of hydrogen-bond acceptors (Lipinski definition) is 5. The van der Waals surface area contributed by atoms with Gasteiger partial charge in [-0.25, -0.2) is 9.78 Å². The molecule has 2 heterocycles. The third-order valence-electron chi connectivity index (χ3n) is 3.94. The first-order valence-corrected chi connectivity index (χ1v) is 9.67. The van der Waals surface area contributed by atoms with E-state index in [2.05, 4.69) is 15.3 Å². The highest BCUT2D eigenvalue weighted by atomic mass is 32.2. The number of rotatable bonds is 7. The Kier molecular flexibility index (Phi) is 6.08. The van der Waals surface area contributed by atoms with Gasteiger partial charge in [0.1, 0.15) is 5.65 Å². The fourth-order valence-corrected chi connectivity index (χ4v) is 3.46. The molecule has 0 aliphatic heterocycles. The zero-order chi connectivity index (χ0) is 19.2. The van der Waals surface area contributed by atoms with E-state index in [4.69, 9.17) is 0 Å². The summed E-state index contributed by atoms with van der Waals surface area (Å²) in [7, 11) is 0. The maximum atomic E-state index is 12.3. The van der Waals surface area contributed by atoms with Gasteiger partial charge < -0.3 is 5.32 Å². The van der Waals surface area contributed by atoms with Crippen molar-refractivity contribution in [3.63, 3.8) is 0 Å². The van der Waals surface area contributed by atoms with Gasteiger partial charge in [0, 0.05) is 29.9 Å². The standard InChI is InChI=1S/C19H20N4O3S/c1-2-9-23-16-15(18(25)22-19(23)26)11-13(12-21-16)17(24)20-8-10-27-14-6-4-3-5-7-14/h3-7,11-12H,2,8-10H2,1H3,(H,20,24)(H,22,25,26). The van der Waals surface area contributed by atoms with Crippen molar-refractivity contribution in [3.8, 4) is 0 Å². The van der Waals surface area contributed by atoms with Gasteiger partial charge in [0.25, 0.3) is 11.5 Å². The average molecular weight is 384 g/mol. The van der Waals surface area contributed by atoms with E-state index in [9.17, 15) is 14.4 Å². The van der Waals surface area contributed by atoms with Crippen LogP contribution in [-0.2, 0) is 6.54 Å². The molecule has 0 bridgehead atoms. The third kappa shape index (κ3) is 4.46. The van der Waals surface area contributed by atoms with Crippen LogP contribution in [0.5, 0.6) is 0 Å². The molecule has 0 unspecified atom stereocenters. The van der Waals surface area contributed by atoms with Gasteiger partial charge in [-0.05, 0) is 24.6 Å². The zero-order valence-corrected chi connectivity index (χ0v) is 15.7. The van der Waals surface area contributed by atoms with Crippen LogP contribution in [0, 0.1) is 0 Å². The van der Waals surface area contributed by atoms with Gasteiger partial charge >= 0.3 is 5.69 Å². The minimum Gasteiger partial charge on any atom is -0.351 e. The maximum absolute atomic E-state index is 12.3. The molecule has 0 aliphatic rings. The van der Waals surface area contributed by atoms with Crippen LogP contribution >= 0.6 is 11.8 Å². The Hall–Kier alpha value is -2.87. The first kappa shape index (κ1) is 18.9. The van der Waals surface area contributed by atoms with Crippen molar-refractivity contribution in [1.29, 1.82) is 0 Å². The molecule has 0 spiro atoms. The topological polar surface area (TPSA) is 96.9 Å². The van der Waals surface area contributed by atoms with Crippen LogP contribution in [0.25, 0.3) is 11.0 Å². The van der Waals surface area contributed by atoms with Gasteiger partial charge in [-0.15, -0.1) is 11.8 Å². The fraction of sp³-hybridized carbons (Fsp3) is 0.263. The number of aromatic amines is 1. The molecule has 1 amide bonds. The van der Waals surface area contributed by atoms with Gasteiger partial charge in [0.15, 0.2) is 0 Å². The van der Waals surface area contributed by atoms with Crippen molar-refractivity contribution in [3.05, 3.63) is 69.0 Å². The zero-order valence-electron chi connectivity index (χ0n) is 14.9. The molecule has 140 valence electrons. The Morgan fingerprint density at radius 2 is 2.04 bits per heavy atom. The molecule has 0 fully saturated rings. The lowest BCUT2D eigenvalue weighted by Crippen LogP contribution is -2.31. The predicted molar refractivity (Wildman–Crippen MR) is 106 cm³/mol. The summed E-state index contributed by atoms with van der Waals surface area (Å²) in [4.78, 5) is 44.0. The number of carbonyl (C=O) groups is 1. The Morgan fingerprint density at radius 3 is 2.78 bits per heavy atom. The summed E-state index contributed by atoms with van der Waals surface area (Å²) in [6.07, 6.45) is 2.12. The predicted octanol–water partition coefficient (Wildman–Crippen LogP) is 2.02. The highest BCUT2D eigenvalue weighted by molar-refractivity contribution is 7.99. The van der Waals surface area contributed by atoms with E-state index >= 15 is 0 Å². The molecule has 3 aromatic rings. The molecule has 3 rings (SSSR count). The van der Waals surface area contributed by atoms with Gasteiger partial charge in [0.05, 0.1) is 10.9 Å². The number of fused-ring (bicyclic) bond motifs is 1. The lowest BCUT2D eigenvalue weighted by molar-refractivity contribution is 0.0956. The van der Waals surface area contributed by atoms with E-state index in [1.165, 1.54) is 16.8 Å². The summed E-state index contributed by atoms with van der Waals surface area (Å²) >= 11 is 1.65. The molecule has 2 N–H and O–H groups in total. The molecule has 0 aliphatic carbocycles. The SMILES string of the molecule is CCCn1c(=O)[nH]c(=O)c2cc(C(=O)NCCSc3ccccc3)cnc21. The number of nitrogens with one attached hydrogen (secondary N) is 2. The van der Waals surface area contributed by atoms with Crippen molar-refractivity contribution in [2.45, 2.75) is 24.8 Å².